The maximum Gasteiger partial charge on any atom is 0.270 e. The summed E-state index contributed by atoms with van der Waals surface area (Å²) in [4.78, 5) is 22.4. The number of nitrogens with zero attached hydrogens (tertiary/aromatic N) is 1. The number of aliphatic hydroxyl groups excluding tert-OH is 4. The molecule has 1 aromatic carbocycles. The van der Waals surface area contributed by atoms with Gasteiger partial charge in [0, 0.05) is 0 Å². The van der Waals surface area contributed by atoms with E-state index in [0.717, 1.165) is 0 Å². The summed E-state index contributed by atoms with van der Waals surface area (Å²) in [6.45, 7) is 3.86. The molecular formula is C17H21NO10. The zero-order valence-electron chi connectivity index (χ0n) is 15.1. The quantitative estimate of drug-likeness (QED) is 0.262. The van der Waals surface area contributed by atoms with Gasteiger partial charge in [0.15, 0.2) is 17.3 Å². The van der Waals surface area contributed by atoms with Gasteiger partial charge >= 0.3 is 0 Å². The van der Waals surface area contributed by atoms with Gasteiger partial charge in [-0.2, -0.15) is 0 Å². The molecule has 28 heavy (non-hydrogen) atoms. The van der Waals surface area contributed by atoms with Gasteiger partial charge in [0.2, 0.25) is 6.29 Å². The van der Waals surface area contributed by atoms with Crippen molar-refractivity contribution >= 4 is 11.5 Å². The molecule has 1 saturated heterocycles. The molecule has 1 aromatic rings. The van der Waals surface area contributed by atoms with Crippen LogP contribution in [0.15, 0.2) is 18.7 Å². The van der Waals surface area contributed by atoms with Crippen molar-refractivity contribution in [3.63, 3.8) is 0 Å². The Morgan fingerprint density at radius 3 is 2.43 bits per heavy atom. The van der Waals surface area contributed by atoms with Crippen molar-refractivity contribution in [2.24, 2.45) is 0 Å². The summed E-state index contributed by atoms with van der Waals surface area (Å²) >= 11 is 0. The third-order valence-electron chi connectivity index (χ3n) is 4.30. The number of nitro groups is 1. The highest BCUT2D eigenvalue weighted by Crippen LogP contribution is 2.38. The summed E-state index contributed by atoms with van der Waals surface area (Å²) in [6.07, 6.45) is -7.64. The van der Waals surface area contributed by atoms with Crippen molar-refractivity contribution in [3.05, 3.63) is 40.0 Å². The maximum atomic E-state index is 12.1. The van der Waals surface area contributed by atoms with Gasteiger partial charge in [0.25, 0.3) is 5.70 Å². The van der Waals surface area contributed by atoms with Gasteiger partial charge < -0.3 is 34.6 Å². The molecule has 0 aromatic heterocycles. The number of benzene rings is 1. The van der Waals surface area contributed by atoms with Gasteiger partial charge in [-0.15, -0.1) is 0 Å². The normalized spacial score (nSPS) is 27.1. The van der Waals surface area contributed by atoms with Gasteiger partial charge in [-0.25, -0.2) is 0 Å². The van der Waals surface area contributed by atoms with Gasteiger partial charge in [0.1, 0.15) is 24.4 Å². The number of hydrogen-bond donors (Lipinski definition) is 4. The number of Topliss-reactive ketones (excluding diaryl/α,β-unsaturated/α-hetero) is 1. The smallest absolute Gasteiger partial charge is 0.270 e. The minimum atomic E-state index is -1.68. The van der Waals surface area contributed by atoms with E-state index in [1.807, 2.05) is 0 Å². The van der Waals surface area contributed by atoms with Crippen LogP contribution in [0, 0.1) is 10.1 Å². The zero-order valence-corrected chi connectivity index (χ0v) is 15.1. The first-order chi connectivity index (χ1) is 13.1. The Balaban J connectivity index is 2.46. The fourth-order valence-electron chi connectivity index (χ4n) is 2.84. The van der Waals surface area contributed by atoms with E-state index in [4.69, 9.17) is 14.2 Å². The first-order valence-corrected chi connectivity index (χ1v) is 8.16. The molecule has 1 aliphatic heterocycles. The summed E-state index contributed by atoms with van der Waals surface area (Å²) < 4.78 is 15.9. The number of ketones is 1. The molecule has 0 saturated carbocycles. The van der Waals surface area contributed by atoms with Crippen LogP contribution in [0.5, 0.6) is 11.5 Å². The number of hydrogen-bond acceptors (Lipinski definition) is 10. The second kappa shape index (κ2) is 8.63. The highest BCUT2D eigenvalue weighted by Gasteiger charge is 2.45. The standard InChI is InChI=1S/C17H21NO10/c1-7(18(24)25)9-4-5-10(16(26-3)12(9)8(2)20)27-17-15(23)14(22)13(21)11(6-19)28-17/h4-5,11,13-15,17,19,21-23H,1,6H2,2-3H3/t11-,13-,14+,15-,17-/m1/s1. The van der Waals surface area contributed by atoms with E-state index >= 15 is 0 Å². The fraction of sp³-hybridized carbons (Fsp3) is 0.471. The highest BCUT2D eigenvalue weighted by molar-refractivity contribution is 6.01. The molecule has 2 rings (SSSR count). The number of carbonyl (C=O) groups is 1. The van der Waals surface area contributed by atoms with Crippen LogP contribution in [0.2, 0.25) is 0 Å². The van der Waals surface area contributed by atoms with E-state index in [2.05, 4.69) is 6.58 Å². The number of rotatable bonds is 7. The van der Waals surface area contributed by atoms with Crippen LogP contribution in [0.25, 0.3) is 5.70 Å². The number of aliphatic hydroxyl groups is 4. The molecule has 0 bridgehead atoms. The van der Waals surface area contributed by atoms with Crippen molar-refractivity contribution in [1.29, 1.82) is 0 Å². The number of ether oxygens (including phenoxy) is 3. The van der Waals surface area contributed by atoms with E-state index in [1.165, 1.54) is 26.2 Å². The van der Waals surface area contributed by atoms with Gasteiger partial charge in [0.05, 0.1) is 29.8 Å². The topological polar surface area (TPSA) is 169 Å². The van der Waals surface area contributed by atoms with E-state index in [0.29, 0.717) is 0 Å². The molecule has 4 N–H and O–H groups in total. The van der Waals surface area contributed by atoms with Gasteiger partial charge in [-0.05, 0) is 25.6 Å². The predicted octanol–water partition coefficient (Wildman–Crippen LogP) is -0.676. The first kappa shape index (κ1) is 21.7. The van der Waals surface area contributed by atoms with Crippen molar-refractivity contribution in [3.8, 4) is 11.5 Å². The molecule has 0 aliphatic carbocycles. The SMILES string of the molecule is C=C(c1ccc(O[C@@H]2O[C@H](CO)[C@@H](O)[C@H](O)[C@H]2O)c(OC)c1C(C)=O)[N+](=O)[O-]. The number of methoxy groups -OCH3 is 1. The van der Waals surface area contributed by atoms with Gasteiger partial charge in [-0.3, -0.25) is 14.9 Å². The fourth-order valence-corrected chi connectivity index (χ4v) is 2.84. The molecule has 11 heteroatoms. The molecule has 1 fully saturated rings. The van der Waals surface area contributed by atoms with E-state index in [9.17, 15) is 35.3 Å². The minimum Gasteiger partial charge on any atom is -0.492 e. The summed E-state index contributed by atoms with van der Waals surface area (Å²) in [5.41, 5.74) is -0.760. The Kier molecular flexibility index (Phi) is 6.69. The predicted molar refractivity (Wildman–Crippen MR) is 93.4 cm³/mol. The summed E-state index contributed by atoms with van der Waals surface area (Å²) in [5, 5.41) is 50.0. The molecule has 0 unspecified atom stereocenters. The average Bonchev–Trinajstić information content (AvgIpc) is 2.66. The van der Waals surface area contributed by atoms with Crippen LogP contribution in [-0.2, 0) is 4.74 Å². The molecule has 11 nitrogen and oxygen atoms in total. The first-order valence-electron chi connectivity index (χ1n) is 8.16. The highest BCUT2D eigenvalue weighted by atomic mass is 16.7. The lowest BCUT2D eigenvalue weighted by Gasteiger charge is -2.39. The summed E-state index contributed by atoms with van der Waals surface area (Å²) in [7, 11) is 1.21. The largest absolute Gasteiger partial charge is 0.492 e. The monoisotopic (exact) mass is 399 g/mol. The van der Waals surface area contributed by atoms with Crippen LogP contribution in [-0.4, -0.2) is 75.6 Å². The Hall–Kier alpha value is -2.57. The van der Waals surface area contributed by atoms with Crippen LogP contribution < -0.4 is 9.47 Å². The van der Waals surface area contributed by atoms with Crippen LogP contribution in [0.3, 0.4) is 0 Å². The van der Waals surface area contributed by atoms with Gasteiger partial charge in [-0.1, -0.05) is 0 Å². The van der Waals surface area contributed by atoms with Crippen molar-refractivity contribution < 1.29 is 44.4 Å². The Bertz CT molecular complexity index is 777. The molecule has 1 heterocycles. The molecular weight excluding hydrogens is 378 g/mol. The zero-order chi connectivity index (χ0) is 21.2. The molecule has 5 atom stereocenters. The van der Waals surface area contributed by atoms with E-state index in [-0.39, 0.29) is 22.6 Å². The second-order valence-corrected chi connectivity index (χ2v) is 6.09. The average molecular weight is 399 g/mol. The molecule has 0 amide bonds. The summed E-state index contributed by atoms with van der Waals surface area (Å²) in [5.74, 6) is -0.837. The van der Waals surface area contributed by atoms with Crippen molar-refractivity contribution in [1.82, 2.24) is 0 Å². The lowest BCUT2D eigenvalue weighted by atomic mass is 9.99. The maximum absolute atomic E-state index is 12.1. The second-order valence-electron chi connectivity index (χ2n) is 6.09. The Morgan fingerprint density at radius 2 is 1.93 bits per heavy atom. The molecule has 0 radical (unpaired) electrons. The minimum absolute atomic E-state index is 0.0736. The van der Waals surface area contributed by atoms with E-state index in [1.54, 1.807) is 0 Å². The van der Waals surface area contributed by atoms with Crippen LogP contribution in [0.4, 0.5) is 0 Å². The summed E-state index contributed by atoms with van der Waals surface area (Å²) in [6, 6.07) is 2.47. The molecule has 154 valence electrons. The lowest BCUT2D eigenvalue weighted by Crippen LogP contribution is -2.60. The lowest BCUT2D eigenvalue weighted by molar-refractivity contribution is -0.375. The molecule has 1 aliphatic rings. The third-order valence-corrected chi connectivity index (χ3v) is 4.30. The van der Waals surface area contributed by atoms with Crippen LogP contribution in [0.1, 0.15) is 22.8 Å². The Labute approximate surface area is 159 Å². The Morgan fingerprint density at radius 1 is 1.29 bits per heavy atom. The van der Waals surface area contributed by atoms with E-state index < -0.39 is 53.7 Å². The van der Waals surface area contributed by atoms with Crippen LogP contribution >= 0.6 is 0 Å². The molecule has 0 spiro atoms. The third kappa shape index (κ3) is 3.98. The number of carbonyl (C=O) groups excluding carboxylic acids is 1. The van der Waals surface area contributed by atoms with Crippen molar-refractivity contribution in [2.45, 2.75) is 37.6 Å². The van der Waals surface area contributed by atoms with Crippen molar-refractivity contribution in [2.75, 3.05) is 13.7 Å².